The van der Waals surface area contributed by atoms with Crippen molar-refractivity contribution in [2.24, 2.45) is 5.92 Å². The summed E-state index contributed by atoms with van der Waals surface area (Å²) in [5.74, 6) is 1.15. The largest absolute Gasteiger partial charge is 0.494 e. The van der Waals surface area contributed by atoms with Crippen molar-refractivity contribution < 1.29 is 14.3 Å². The number of nitrogens with zero attached hydrogens (tertiary/aromatic N) is 3. The number of likely N-dealkylation sites (tertiary alicyclic amines) is 1. The molecular weight excluding hydrogens is 516 g/mol. The standard InChI is InChI=1S/C29H38N4O3S2/c1-4-18-36-24-10-8-22(9-11-24)30-27(34)20-26-28(35)33(23-6-5-7-25(19-23)38-3)29(37)32(26)17-16-31-14-12-21(2)13-15-31/h5-11,19,21,26H,4,12-18,20H2,1-3H3,(H,30,34)/t26-/m1/s1. The lowest BCUT2D eigenvalue weighted by Crippen LogP contribution is -2.44. The van der Waals surface area contributed by atoms with E-state index in [4.69, 9.17) is 17.0 Å². The van der Waals surface area contributed by atoms with Crippen LogP contribution in [0.5, 0.6) is 5.75 Å². The first-order chi connectivity index (χ1) is 18.4. The van der Waals surface area contributed by atoms with Gasteiger partial charge in [0.2, 0.25) is 5.91 Å². The van der Waals surface area contributed by atoms with Crippen molar-refractivity contribution in [3.63, 3.8) is 0 Å². The number of thioether (sulfide) groups is 1. The predicted octanol–water partition coefficient (Wildman–Crippen LogP) is 5.26. The molecule has 9 heteroatoms. The molecule has 2 saturated heterocycles. The SMILES string of the molecule is CCCOc1ccc(NC(=O)C[C@@H]2C(=O)N(c3cccc(SC)c3)C(=S)N2CCN2CCC(C)CC2)cc1. The topological polar surface area (TPSA) is 65.1 Å². The maximum absolute atomic E-state index is 13.7. The van der Waals surface area contributed by atoms with E-state index >= 15 is 0 Å². The van der Waals surface area contributed by atoms with Gasteiger partial charge in [0, 0.05) is 23.7 Å². The van der Waals surface area contributed by atoms with Crippen LogP contribution in [0.3, 0.4) is 0 Å². The van der Waals surface area contributed by atoms with Crippen molar-refractivity contribution >= 4 is 52.3 Å². The molecule has 2 aromatic carbocycles. The summed E-state index contributed by atoms with van der Waals surface area (Å²) in [7, 11) is 0. The van der Waals surface area contributed by atoms with Gasteiger partial charge >= 0.3 is 0 Å². The Morgan fingerprint density at radius 2 is 1.87 bits per heavy atom. The van der Waals surface area contributed by atoms with Crippen LogP contribution in [-0.4, -0.2) is 71.8 Å². The molecule has 7 nitrogen and oxygen atoms in total. The van der Waals surface area contributed by atoms with E-state index in [0.717, 1.165) is 48.3 Å². The first-order valence-electron chi connectivity index (χ1n) is 13.4. The third-order valence-electron chi connectivity index (χ3n) is 7.15. The Kier molecular flexibility index (Phi) is 10.0. The number of hydrogen-bond donors (Lipinski definition) is 1. The van der Waals surface area contributed by atoms with Gasteiger partial charge in [0.1, 0.15) is 11.8 Å². The number of nitrogens with one attached hydrogen (secondary N) is 1. The van der Waals surface area contributed by atoms with Crippen molar-refractivity contribution in [3.8, 4) is 5.75 Å². The number of carbonyl (C=O) groups is 2. The number of amides is 2. The van der Waals surface area contributed by atoms with Crippen LogP contribution in [-0.2, 0) is 9.59 Å². The molecule has 204 valence electrons. The van der Waals surface area contributed by atoms with E-state index in [0.29, 0.717) is 24.0 Å². The smallest absolute Gasteiger partial charge is 0.256 e. The average Bonchev–Trinajstić information content (AvgIpc) is 3.16. The molecule has 38 heavy (non-hydrogen) atoms. The molecule has 0 aromatic heterocycles. The van der Waals surface area contributed by atoms with Crippen molar-refractivity contribution in [2.45, 2.75) is 50.5 Å². The zero-order valence-corrected chi connectivity index (χ0v) is 24.2. The molecule has 0 spiro atoms. The van der Waals surface area contributed by atoms with Gasteiger partial charge < -0.3 is 19.9 Å². The van der Waals surface area contributed by atoms with E-state index in [1.165, 1.54) is 12.8 Å². The van der Waals surface area contributed by atoms with Gasteiger partial charge in [0.15, 0.2) is 5.11 Å². The molecule has 4 rings (SSSR count). The molecule has 0 aliphatic carbocycles. The normalized spacial score (nSPS) is 18.8. The van der Waals surface area contributed by atoms with E-state index in [-0.39, 0.29) is 18.2 Å². The molecule has 2 aliphatic heterocycles. The Morgan fingerprint density at radius 1 is 1.13 bits per heavy atom. The van der Waals surface area contributed by atoms with E-state index < -0.39 is 6.04 Å². The van der Waals surface area contributed by atoms with Gasteiger partial charge in [-0.15, -0.1) is 11.8 Å². The van der Waals surface area contributed by atoms with E-state index in [9.17, 15) is 9.59 Å². The number of thiocarbonyl (C=S) groups is 1. The highest BCUT2D eigenvalue weighted by atomic mass is 32.2. The van der Waals surface area contributed by atoms with Crippen molar-refractivity contribution in [1.29, 1.82) is 0 Å². The molecule has 0 bridgehead atoms. The summed E-state index contributed by atoms with van der Waals surface area (Å²) in [5, 5.41) is 3.41. The van der Waals surface area contributed by atoms with Crippen LogP contribution < -0.4 is 15.0 Å². The molecule has 0 radical (unpaired) electrons. The first kappa shape index (κ1) is 28.4. The zero-order chi connectivity index (χ0) is 27.1. The molecule has 2 amide bonds. The molecule has 0 unspecified atom stereocenters. The number of ether oxygens (including phenoxy) is 1. The van der Waals surface area contributed by atoms with Crippen molar-refractivity contribution in [3.05, 3.63) is 48.5 Å². The van der Waals surface area contributed by atoms with Gasteiger partial charge in [0.05, 0.1) is 18.7 Å². The summed E-state index contributed by atoms with van der Waals surface area (Å²) in [6.45, 7) is 8.54. The second kappa shape index (κ2) is 13.4. The van der Waals surface area contributed by atoms with Gasteiger partial charge in [-0.2, -0.15) is 0 Å². The third-order valence-corrected chi connectivity index (χ3v) is 8.30. The van der Waals surface area contributed by atoms with Gasteiger partial charge in [-0.3, -0.25) is 14.5 Å². The Labute approximate surface area is 235 Å². The fraction of sp³-hybridized carbons (Fsp3) is 0.483. The maximum Gasteiger partial charge on any atom is 0.256 e. The molecule has 2 fully saturated rings. The fourth-order valence-corrected chi connectivity index (χ4v) is 5.72. The van der Waals surface area contributed by atoms with Crippen LogP contribution in [0.25, 0.3) is 0 Å². The van der Waals surface area contributed by atoms with Crippen molar-refractivity contribution in [1.82, 2.24) is 9.80 Å². The summed E-state index contributed by atoms with van der Waals surface area (Å²) in [4.78, 5) is 33.9. The first-order valence-corrected chi connectivity index (χ1v) is 15.1. The summed E-state index contributed by atoms with van der Waals surface area (Å²) < 4.78 is 5.63. The monoisotopic (exact) mass is 554 g/mol. The Bertz CT molecular complexity index is 1120. The van der Waals surface area contributed by atoms with Crippen LogP contribution in [0.15, 0.2) is 53.4 Å². The lowest BCUT2D eigenvalue weighted by Gasteiger charge is -2.32. The van der Waals surface area contributed by atoms with Crippen LogP contribution in [0.2, 0.25) is 0 Å². The highest BCUT2D eigenvalue weighted by molar-refractivity contribution is 7.98. The number of anilines is 2. The molecule has 2 aromatic rings. The Morgan fingerprint density at radius 3 is 2.55 bits per heavy atom. The molecule has 1 N–H and O–H groups in total. The minimum absolute atomic E-state index is 0.0306. The summed E-state index contributed by atoms with van der Waals surface area (Å²) in [6.07, 6.45) is 5.34. The van der Waals surface area contributed by atoms with Crippen LogP contribution in [0.4, 0.5) is 11.4 Å². The van der Waals surface area contributed by atoms with Gasteiger partial charge in [-0.1, -0.05) is 19.9 Å². The number of piperidine rings is 1. The zero-order valence-electron chi connectivity index (χ0n) is 22.5. The molecule has 1 atom stereocenters. The molecule has 0 saturated carbocycles. The predicted molar refractivity (Wildman–Crippen MR) is 159 cm³/mol. The molecule has 2 heterocycles. The van der Waals surface area contributed by atoms with Crippen molar-refractivity contribution in [2.75, 3.05) is 49.3 Å². The number of hydrogen-bond acceptors (Lipinski definition) is 6. The maximum atomic E-state index is 13.7. The Hall–Kier alpha value is -2.62. The van der Waals surface area contributed by atoms with Crippen LogP contribution in [0.1, 0.15) is 39.5 Å². The van der Waals surface area contributed by atoms with Gasteiger partial charge in [0.25, 0.3) is 5.91 Å². The number of rotatable bonds is 11. The lowest BCUT2D eigenvalue weighted by molar-refractivity contribution is -0.124. The quantitative estimate of drug-likeness (QED) is 0.300. The minimum atomic E-state index is -0.642. The number of benzene rings is 2. The Balaban J connectivity index is 1.48. The third kappa shape index (κ3) is 7.07. The average molecular weight is 555 g/mol. The second-order valence-electron chi connectivity index (χ2n) is 10.0. The van der Waals surface area contributed by atoms with E-state index in [1.807, 2.05) is 59.7 Å². The summed E-state index contributed by atoms with van der Waals surface area (Å²) in [5.41, 5.74) is 1.42. The van der Waals surface area contributed by atoms with E-state index in [2.05, 4.69) is 24.1 Å². The van der Waals surface area contributed by atoms with E-state index in [1.54, 1.807) is 16.7 Å². The molecule has 2 aliphatic rings. The fourth-order valence-electron chi connectivity index (χ4n) is 4.85. The minimum Gasteiger partial charge on any atom is -0.494 e. The molecular formula is C29H38N4O3S2. The number of carbonyl (C=O) groups excluding carboxylic acids is 2. The summed E-state index contributed by atoms with van der Waals surface area (Å²) in [6, 6.07) is 14.5. The van der Waals surface area contributed by atoms with Crippen LogP contribution in [0, 0.1) is 5.92 Å². The van der Waals surface area contributed by atoms with Gasteiger partial charge in [-0.25, -0.2) is 0 Å². The van der Waals surface area contributed by atoms with Gasteiger partial charge in [-0.05, 0) is 99.2 Å². The van der Waals surface area contributed by atoms with Crippen LogP contribution >= 0.6 is 24.0 Å². The highest BCUT2D eigenvalue weighted by Gasteiger charge is 2.44. The highest BCUT2D eigenvalue weighted by Crippen LogP contribution is 2.30. The lowest BCUT2D eigenvalue weighted by atomic mass is 9.99. The second-order valence-corrected chi connectivity index (χ2v) is 11.3. The summed E-state index contributed by atoms with van der Waals surface area (Å²) >= 11 is 7.47.